The monoisotopic (exact) mass is 291 g/mol. The number of rotatable bonds is 6. The molecule has 3 nitrogen and oxygen atoms in total. The summed E-state index contributed by atoms with van der Waals surface area (Å²) >= 11 is 6.09. The molecule has 0 aliphatic carbocycles. The fourth-order valence-corrected chi connectivity index (χ4v) is 2.56. The van der Waals surface area contributed by atoms with Crippen molar-refractivity contribution < 1.29 is 0 Å². The van der Waals surface area contributed by atoms with Gasteiger partial charge in [-0.15, -0.1) is 0 Å². The first-order valence-corrected chi connectivity index (χ1v) is 7.70. The Hall–Kier alpha value is -1.35. The molecule has 2 aromatic rings. The molecule has 0 bridgehead atoms. The normalized spacial score (nSPS) is 11.2. The molecule has 1 aromatic heterocycles. The van der Waals surface area contributed by atoms with E-state index in [0.29, 0.717) is 11.3 Å². The number of aromatic nitrogens is 2. The molecule has 20 heavy (non-hydrogen) atoms. The van der Waals surface area contributed by atoms with E-state index < -0.39 is 0 Å². The van der Waals surface area contributed by atoms with Crippen LogP contribution < -0.4 is 4.90 Å². The van der Waals surface area contributed by atoms with Gasteiger partial charge in [0.05, 0.1) is 5.52 Å². The summed E-state index contributed by atoms with van der Waals surface area (Å²) in [5.41, 5.74) is 0.906. The Balaban J connectivity index is 2.41. The number of benzene rings is 1. The molecule has 4 heteroatoms. The van der Waals surface area contributed by atoms with Crippen molar-refractivity contribution in [2.75, 3.05) is 11.4 Å². The van der Waals surface area contributed by atoms with Crippen LogP contribution in [0, 0.1) is 0 Å². The van der Waals surface area contributed by atoms with E-state index in [-0.39, 0.29) is 0 Å². The van der Waals surface area contributed by atoms with Crippen molar-refractivity contribution in [2.45, 2.75) is 46.1 Å². The first-order chi connectivity index (χ1) is 9.63. The van der Waals surface area contributed by atoms with Gasteiger partial charge < -0.3 is 4.90 Å². The Kier molecular flexibility index (Phi) is 5.18. The molecule has 0 saturated heterocycles. The molecule has 0 saturated carbocycles. The third-order valence-corrected chi connectivity index (χ3v) is 3.62. The van der Waals surface area contributed by atoms with Crippen LogP contribution in [0.5, 0.6) is 0 Å². The van der Waals surface area contributed by atoms with Crippen LogP contribution in [0.25, 0.3) is 10.9 Å². The summed E-state index contributed by atoms with van der Waals surface area (Å²) < 4.78 is 0. The van der Waals surface area contributed by atoms with E-state index in [2.05, 4.69) is 41.7 Å². The van der Waals surface area contributed by atoms with Crippen molar-refractivity contribution in [2.24, 2.45) is 0 Å². The van der Waals surface area contributed by atoms with Crippen LogP contribution in [0.2, 0.25) is 5.28 Å². The first kappa shape index (κ1) is 15.0. The Morgan fingerprint density at radius 3 is 2.60 bits per heavy atom. The topological polar surface area (TPSA) is 29.0 Å². The van der Waals surface area contributed by atoms with Gasteiger partial charge in [0.1, 0.15) is 5.82 Å². The van der Waals surface area contributed by atoms with Gasteiger partial charge in [0, 0.05) is 18.0 Å². The van der Waals surface area contributed by atoms with Crippen LogP contribution >= 0.6 is 11.6 Å². The van der Waals surface area contributed by atoms with Gasteiger partial charge in [0.2, 0.25) is 5.28 Å². The van der Waals surface area contributed by atoms with E-state index >= 15 is 0 Å². The first-order valence-electron chi connectivity index (χ1n) is 7.32. The lowest BCUT2D eigenvalue weighted by Crippen LogP contribution is -2.32. The molecular weight excluding hydrogens is 270 g/mol. The van der Waals surface area contributed by atoms with Gasteiger partial charge >= 0.3 is 0 Å². The third kappa shape index (κ3) is 3.40. The molecule has 0 spiro atoms. The molecule has 0 radical (unpaired) electrons. The molecule has 0 fully saturated rings. The lowest BCUT2D eigenvalue weighted by atomic mass is 10.1. The van der Waals surface area contributed by atoms with E-state index in [1.165, 1.54) is 19.3 Å². The summed E-state index contributed by atoms with van der Waals surface area (Å²) in [6, 6.07) is 8.44. The number of hydrogen-bond acceptors (Lipinski definition) is 3. The Bertz CT molecular complexity index is 569. The lowest BCUT2D eigenvalue weighted by molar-refractivity contribution is 0.621. The van der Waals surface area contributed by atoms with Gasteiger partial charge in [0.15, 0.2) is 0 Å². The minimum Gasteiger partial charge on any atom is -0.354 e. The second-order valence-electron chi connectivity index (χ2n) is 5.33. The highest BCUT2D eigenvalue weighted by Crippen LogP contribution is 2.27. The number of unbranched alkanes of at least 4 members (excludes halogenated alkanes) is 2. The molecule has 2 rings (SSSR count). The zero-order valence-corrected chi connectivity index (χ0v) is 13.2. The van der Waals surface area contributed by atoms with Crippen molar-refractivity contribution in [3.63, 3.8) is 0 Å². The molecule has 1 aromatic carbocycles. The molecule has 0 N–H and O–H groups in total. The number of halogens is 1. The average molecular weight is 292 g/mol. The van der Waals surface area contributed by atoms with Crippen LogP contribution in [0.4, 0.5) is 5.82 Å². The van der Waals surface area contributed by atoms with Gasteiger partial charge in [-0.05, 0) is 44.0 Å². The third-order valence-electron chi connectivity index (χ3n) is 3.45. The summed E-state index contributed by atoms with van der Waals surface area (Å²) in [4.78, 5) is 11.1. The zero-order valence-electron chi connectivity index (χ0n) is 12.4. The fraction of sp³-hybridized carbons (Fsp3) is 0.500. The maximum absolute atomic E-state index is 6.09. The number of hydrogen-bond donors (Lipinski definition) is 0. The molecule has 1 heterocycles. The number of nitrogens with zero attached hydrogens (tertiary/aromatic N) is 3. The minimum atomic E-state index is 0.319. The van der Waals surface area contributed by atoms with Crippen molar-refractivity contribution in [1.82, 2.24) is 9.97 Å². The van der Waals surface area contributed by atoms with Crippen molar-refractivity contribution in [3.8, 4) is 0 Å². The largest absolute Gasteiger partial charge is 0.354 e. The van der Waals surface area contributed by atoms with E-state index in [0.717, 1.165) is 23.3 Å². The molecule has 0 unspecified atom stereocenters. The maximum atomic E-state index is 6.09. The predicted octanol–water partition coefficient (Wildman–Crippen LogP) is 4.69. The van der Waals surface area contributed by atoms with Crippen LogP contribution in [-0.4, -0.2) is 22.6 Å². The second kappa shape index (κ2) is 6.89. The molecule has 108 valence electrons. The smallest absolute Gasteiger partial charge is 0.224 e. The van der Waals surface area contributed by atoms with Gasteiger partial charge in [0.25, 0.3) is 0 Å². The van der Waals surface area contributed by atoms with Gasteiger partial charge in [-0.2, -0.15) is 4.98 Å². The van der Waals surface area contributed by atoms with Crippen LogP contribution in [0.1, 0.15) is 40.0 Å². The van der Waals surface area contributed by atoms with E-state index in [1.807, 2.05) is 18.2 Å². The summed E-state index contributed by atoms with van der Waals surface area (Å²) in [5.74, 6) is 0.951. The molecule has 0 atom stereocenters. The predicted molar refractivity (Wildman–Crippen MR) is 86.6 cm³/mol. The average Bonchev–Trinajstić information content (AvgIpc) is 2.42. The van der Waals surface area contributed by atoms with Crippen LogP contribution in [-0.2, 0) is 0 Å². The number of para-hydroxylation sites is 1. The molecule has 0 aliphatic rings. The van der Waals surface area contributed by atoms with E-state index in [4.69, 9.17) is 11.6 Å². The second-order valence-corrected chi connectivity index (χ2v) is 5.67. The van der Waals surface area contributed by atoms with Crippen LogP contribution in [0.3, 0.4) is 0 Å². The summed E-state index contributed by atoms with van der Waals surface area (Å²) in [7, 11) is 0. The highest BCUT2D eigenvalue weighted by Gasteiger charge is 2.16. The zero-order chi connectivity index (χ0) is 14.5. The van der Waals surface area contributed by atoms with Crippen molar-refractivity contribution in [1.29, 1.82) is 0 Å². The van der Waals surface area contributed by atoms with E-state index in [9.17, 15) is 0 Å². The Labute approximate surface area is 126 Å². The quantitative estimate of drug-likeness (QED) is 0.571. The molecular formula is C16H22ClN3. The van der Waals surface area contributed by atoms with Crippen LogP contribution in [0.15, 0.2) is 24.3 Å². The highest BCUT2D eigenvalue weighted by atomic mass is 35.5. The number of fused-ring (bicyclic) bond motifs is 1. The van der Waals surface area contributed by atoms with E-state index in [1.54, 1.807) is 0 Å². The maximum Gasteiger partial charge on any atom is 0.224 e. The van der Waals surface area contributed by atoms with Gasteiger partial charge in [-0.25, -0.2) is 4.98 Å². The highest BCUT2D eigenvalue weighted by molar-refractivity contribution is 6.28. The van der Waals surface area contributed by atoms with Crippen molar-refractivity contribution >= 4 is 28.3 Å². The lowest BCUT2D eigenvalue weighted by Gasteiger charge is -2.29. The summed E-state index contributed by atoms with van der Waals surface area (Å²) in [6.07, 6.45) is 3.63. The van der Waals surface area contributed by atoms with Gasteiger partial charge in [-0.3, -0.25) is 0 Å². The van der Waals surface area contributed by atoms with Gasteiger partial charge in [-0.1, -0.05) is 31.9 Å². The summed E-state index contributed by atoms with van der Waals surface area (Å²) in [6.45, 7) is 7.60. The SMILES string of the molecule is CCCCCN(c1nc(Cl)nc2ccccc12)C(C)C. The minimum absolute atomic E-state index is 0.319. The fourth-order valence-electron chi connectivity index (χ4n) is 2.39. The number of anilines is 1. The molecule has 0 amide bonds. The van der Waals surface area contributed by atoms with Crippen molar-refractivity contribution in [3.05, 3.63) is 29.5 Å². The molecule has 0 aliphatic heterocycles. The standard InChI is InChI=1S/C16H22ClN3/c1-4-5-8-11-20(12(2)3)15-13-9-6-7-10-14(13)18-16(17)19-15/h6-7,9-10,12H,4-5,8,11H2,1-3H3. The summed E-state index contributed by atoms with van der Waals surface area (Å²) in [5, 5.41) is 1.39. The Morgan fingerprint density at radius 1 is 1.15 bits per heavy atom. The Morgan fingerprint density at radius 2 is 1.90 bits per heavy atom.